The maximum atomic E-state index is 5.57. The fourth-order valence-corrected chi connectivity index (χ4v) is 2.18. The summed E-state index contributed by atoms with van der Waals surface area (Å²) >= 11 is 0. The Morgan fingerprint density at radius 1 is 1.47 bits per heavy atom. The highest BCUT2D eigenvalue weighted by Gasteiger charge is 2.27. The number of nitrogens with zero attached hydrogens (tertiary/aromatic N) is 1. The molecule has 0 aromatic carbocycles. The lowest BCUT2D eigenvalue weighted by Gasteiger charge is -2.26. The van der Waals surface area contributed by atoms with Gasteiger partial charge in [0.2, 0.25) is 0 Å². The van der Waals surface area contributed by atoms with E-state index >= 15 is 0 Å². The van der Waals surface area contributed by atoms with Crippen LogP contribution in [0.1, 0.15) is 33.6 Å². The number of rotatable bonds is 6. The standard InChI is InChI=1S/C12H26N2O/c1-10(2)13-7-5-8-14(4)12-6-9-15-11(12)3/h10-13H,5-9H2,1-4H3. The van der Waals surface area contributed by atoms with Gasteiger partial charge >= 0.3 is 0 Å². The normalized spacial score (nSPS) is 26.8. The van der Waals surface area contributed by atoms with Gasteiger partial charge in [0.15, 0.2) is 0 Å². The minimum Gasteiger partial charge on any atom is -0.377 e. The van der Waals surface area contributed by atoms with Crippen LogP contribution in [0.15, 0.2) is 0 Å². The third-order valence-corrected chi connectivity index (χ3v) is 3.14. The fraction of sp³-hybridized carbons (Fsp3) is 1.00. The van der Waals surface area contributed by atoms with Gasteiger partial charge in [-0.1, -0.05) is 13.8 Å². The van der Waals surface area contributed by atoms with E-state index < -0.39 is 0 Å². The van der Waals surface area contributed by atoms with Gasteiger partial charge in [0.05, 0.1) is 6.10 Å². The molecule has 0 radical (unpaired) electrons. The van der Waals surface area contributed by atoms with Gasteiger partial charge in [0, 0.05) is 18.7 Å². The first kappa shape index (κ1) is 12.9. The van der Waals surface area contributed by atoms with Crippen molar-refractivity contribution in [2.24, 2.45) is 0 Å². The van der Waals surface area contributed by atoms with E-state index in [2.05, 4.69) is 38.0 Å². The average Bonchev–Trinajstić information content (AvgIpc) is 2.58. The summed E-state index contributed by atoms with van der Waals surface area (Å²) < 4.78 is 5.57. The third kappa shape index (κ3) is 4.49. The number of nitrogens with one attached hydrogen (secondary N) is 1. The second-order valence-electron chi connectivity index (χ2n) is 4.87. The van der Waals surface area contributed by atoms with Crippen molar-refractivity contribution >= 4 is 0 Å². The predicted molar refractivity (Wildman–Crippen MR) is 64.2 cm³/mol. The molecule has 90 valence electrons. The number of hydrogen-bond donors (Lipinski definition) is 1. The molecule has 0 aromatic rings. The van der Waals surface area contributed by atoms with Crippen LogP contribution in [0.2, 0.25) is 0 Å². The summed E-state index contributed by atoms with van der Waals surface area (Å²) in [4.78, 5) is 2.44. The van der Waals surface area contributed by atoms with Crippen LogP contribution in [0.5, 0.6) is 0 Å². The summed E-state index contributed by atoms with van der Waals surface area (Å²) in [5, 5.41) is 3.44. The zero-order chi connectivity index (χ0) is 11.3. The molecular weight excluding hydrogens is 188 g/mol. The van der Waals surface area contributed by atoms with E-state index in [9.17, 15) is 0 Å². The molecule has 1 rings (SSSR count). The van der Waals surface area contributed by atoms with Crippen LogP contribution in [0.25, 0.3) is 0 Å². The molecular formula is C12H26N2O. The van der Waals surface area contributed by atoms with Crippen LogP contribution < -0.4 is 5.32 Å². The van der Waals surface area contributed by atoms with Gasteiger partial charge in [0.1, 0.15) is 0 Å². The van der Waals surface area contributed by atoms with Crippen molar-refractivity contribution in [2.75, 3.05) is 26.7 Å². The van der Waals surface area contributed by atoms with E-state index in [0.717, 1.165) is 19.7 Å². The lowest BCUT2D eigenvalue weighted by Crippen LogP contribution is -2.38. The average molecular weight is 214 g/mol. The molecule has 1 N–H and O–H groups in total. The summed E-state index contributed by atoms with van der Waals surface area (Å²) in [6.07, 6.45) is 2.82. The van der Waals surface area contributed by atoms with Gasteiger partial charge in [-0.05, 0) is 39.9 Å². The molecule has 1 aliphatic heterocycles. The van der Waals surface area contributed by atoms with Crippen LogP contribution in [-0.2, 0) is 4.74 Å². The summed E-state index contributed by atoms with van der Waals surface area (Å²) in [6, 6.07) is 1.23. The first-order valence-corrected chi connectivity index (χ1v) is 6.16. The minimum absolute atomic E-state index is 0.410. The lowest BCUT2D eigenvalue weighted by molar-refractivity contribution is 0.0833. The second-order valence-corrected chi connectivity index (χ2v) is 4.87. The van der Waals surface area contributed by atoms with Crippen molar-refractivity contribution in [3.63, 3.8) is 0 Å². The highest BCUT2D eigenvalue weighted by Crippen LogP contribution is 2.17. The highest BCUT2D eigenvalue weighted by atomic mass is 16.5. The minimum atomic E-state index is 0.410. The molecule has 3 heteroatoms. The van der Waals surface area contributed by atoms with E-state index in [1.165, 1.54) is 12.8 Å². The van der Waals surface area contributed by atoms with E-state index in [0.29, 0.717) is 18.2 Å². The number of ether oxygens (including phenoxy) is 1. The van der Waals surface area contributed by atoms with Crippen LogP contribution in [0.4, 0.5) is 0 Å². The Labute approximate surface area is 94.2 Å². The molecule has 0 aromatic heterocycles. The van der Waals surface area contributed by atoms with Crippen molar-refractivity contribution in [2.45, 2.75) is 51.8 Å². The quantitative estimate of drug-likeness (QED) is 0.678. The molecule has 2 unspecified atom stereocenters. The third-order valence-electron chi connectivity index (χ3n) is 3.14. The van der Waals surface area contributed by atoms with Gasteiger partial charge in [0.25, 0.3) is 0 Å². The smallest absolute Gasteiger partial charge is 0.0702 e. The van der Waals surface area contributed by atoms with E-state index in [1.54, 1.807) is 0 Å². The van der Waals surface area contributed by atoms with Gasteiger partial charge in [-0.25, -0.2) is 0 Å². The summed E-state index contributed by atoms with van der Waals surface area (Å²) in [5.74, 6) is 0. The Morgan fingerprint density at radius 3 is 2.73 bits per heavy atom. The van der Waals surface area contributed by atoms with E-state index in [4.69, 9.17) is 4.74 Å². The van der Waals surface area contributed by atoms with Crippen LogP contribution in [0, 0.1) is 0 Å². The molecule has 1 fully saturated rings. The highest BCUT2D eigenvalue weighted by molar-refractivity contribution is 4.80. The van der Waals surface area contributed by atoms with Gasteiger partial charge in [-0.3, -0.25) is 0 Å². The maximum Gasteiger partial charge on any atom is 0.0702 e. The monoisotopic (exact) mass is 214 g/mol. The number of hydrogen-bond acceptors (Lipinski definition) is 3. The Morgan fingerprint density at radius 2 is 2.20 bits per heavy atom. The zero-order valence-corrected chi connectivity index (χ0v) is 10.6. The molecule has 0 spiro atoms. The maximum absolute atomic E-state index is 5.57. The van der Waals surface area contributed by atoms with Crippen molar-refractivity contribution in [1.82, 2.24) is 10.2 Å². The Hall–Kier alpha value is -0.120. The van der Waals surface area contributed by atoms with Gasteiger partial charge in [-0.15, -0.1) is 0 Å². The molecule has 1 aliphatic rings. The predicted octanol–water partition coefficient (Wildman–Crippen LogP) is 1.48. The van der Waals surface area contributed by atoms with E-state index in [1.807, 2.05) is 0 Å². The SMILES string of the molecule is CC(C)NCCCN(C)C1CCOC1C. The number of likely N-dealkylation sites (N-methyl/N-ethyl adjacent to an activating group) is 1. The van der Waals surface area contributed by atoms with Gasteiger partial charge in [-0.2, -0.15) is 0 Å². The summed E-state index contributed by atoms with van der Waals surface area (Å²) in [5.41, 5.74) is 0. The second kappa shape index (κ2) is 6.46. The molecule has 2 atom stereocenters. The molecule has 1 heterocycles. The molecule has 0 amide bonds. The topological polar surface area (TPSA) is 24.5 Å². The van der Waals surface area contributed by atoms with Crippen LogP contribution in [0.3, 0.4) is 0 Å². The van der Waals surface area contributed by atoms with Crippen molar-refractivity contribution in [1.29, 1.82) is 0 Å². The molecule has 3 nitrogen and oxygen atoms in total. The molecule has 1 saturated heterocycles. The van der Waals surface area contributed by atoms with Crippen molar-refractivity contribution < 1.29 is 4.74 Å². The summed E-state index contributed by atoms with van der Waals surface area (Å²) in [6.45, 7) is 9.77. The van der Waals surface area contributed by atoms with Crippen molar-refractivity contribution in [3.8, 4) is 0 Å². The Bertz CT molecular complexity index is 173. The largest absolute Gasteiger partial charge is 0.377 e. The lowest BCUT2D eigenvalue weighted by atomic mass is 10.1. The Kier molecular flexibility index (Phi) is 5.58. The Balaban J connectivity index is 2.10. The first-order chi connectivity index (χ1) is 7.11. The van der Waals surface area contributed by atoms with Crippen molar-refractivity contribution in [3.05, 3.63) is 0 Å². The van der Waals surface area contributed by atoms with Crippen LogP contribution in [-0.4, -0.2) is 49.8 Å². The van der Waals surface area contributed by atoms with Gasteiger partial charge < -0.3 is 15.0 Å². The van der Waals surface area contributed by atoms with Crippen LogP contribution >= 0.6 is 0 Å². The fourth-order valence-electron chi connectivity index (χ4n) is 2.18. The summed E-state index contributed by atoms with van der Waals surface area (Å²) in [7, 11) is 2.21. The molecule has 0 bridgehead atoms. The first-order valence-electron chi connectivity index (χ1n) is 6.16. The molecule has 0 aliphatic carbocycles. The zero-order valence-electron chi connectivity index (χ0n) is 10.6. The molecule has 0 saturated carbocycles. The van der Waals surface area contributed by atoms with E-state index in [-0.39, 0.29) is 0 Å². The molecule has 15 heavy (non-hydrogen) atoms.